The molecule has 11 heteroatoms. The Morgan fingerprint density at radius 3 is 2.27 bits per heavy atom. The highest BCUT2D eigenvalue weighted by Crippen LogP contribution is 2.44. The lowest BCUT2D eigenvalue weighted by Gasteiger charge is -2.20. The summed E-state index contributed by atoms with van der Waals surface area (Å²) in [6.45, 7) is 7.04. The Balaban J connectivity index is 2.13. The predicted octanol–water partition coefficient (Wildman–Crippen LogP) is 4.04. The molecule has 0 aliphatic heterocycles. The third-order valence-electron chi connectivity index (χ3n) is 6.41. The summed E-state index contributed by atoms with van der Waals surface area (Å²) in [6, 6.07) is 1.81. The molecule has 0 radical (unpaired) electrons. The number of hydrogen-bond donors (Lipinski definition) is 3. The number of carbonyl (C=O) groups is 2. The molecule has 2 amide bonds. The Labute approximate surface area is 235 Å². The van der Waals surface area contributed by atoms with E-state index in [2.05, 4.69) is 20.6 Å². The number of amides is 2. The minimum atomic E-state index is -0.593. The third kappa shape index (κ3) is 7.92. The molecule has 1 fully saturated rings. The van der Waals surface area contributed by atoms with Crippen LogP contribution in [-0.4, -0.2) is 61.1 Å². The van der Waals surface area contributed by atoms with Crippen molar-refractivity contribution in [2.24, 2.45) is 17.8 Å². The number of aliphatic hydroxyl groups is 1. The van der Waals surface area contributed by atoms with Crippen LogP contribution >= 0.6 is 0 Å². The number of aliphatic hydroxyl groups excluding tert-OH is 1. The molecule has 0 spiro atoms. The van der Waals surface area contributed by atoms with Gasteiger partial charge in [-0.3, -0.25) is 14.9 Å². The lowest BCUT2D eigenvalue weighted by Crippen LogP contribution is -2.23. The number of ether oxygens (including phenoxy) is 4. The van der Waals surface area contributed by atoms with E-state index in [0.717, 1.165) is 18.4 Å². The zero-order valence-corrected chi connectivity index (χ0v) is 24.2. The van der Waals surface area contributed by atoms with Crippen LogP contribution in [0.25, 0.3) is 6.08 Å². The Bertz CT molecular complexity index is 1230. The number of methoxy groups -OCH3 is 3. The zero-order chi connectivity index (χ0) is 29.4. The average Bonchev–Trinajstić information content (AvgIpc) is 3.77. The molecule has 1 unspecified atom stereocenters. The van der Waals surface area contributed by atoms with Gasteiger partial charge < -0.3 is 29.4 Å². The van der Waals surface area contributed by atoms with E-state index in [-0.39, 0.29) is 54.5 Å². The van der Waals surface area contributed by atoms with Crippen molar-refractivity contribution in [2.45, 2.75) is 53.1 Å². The molecule has 0 saturated heterocycles. The van der Waals surface area contributed by atoms with Crippen LogP contribution in [0.1, 0.15) is 57.2 Å². The smallest absolute Gasteiger partial charge is 0.231 e. The SMILES string of the molecule is COCOc1c(C=CC(O)C2CC2)c(Cc2cnc(NC(=O)C(C)C)nc2NC(=O)C(C)C)cc(OC)c1OC. The first-order valence-corrected chi connectivity index (χ1v) is 13.3. The quantitative estimate of drug-likeness (QED) is 0.294. The summed E-state index contributed by atoms with van der Waals surface area (Å²) >= 11 is 0. The summed E-state index contributed by atoms with van der Waals surface area (Å²) in [7, 11) is 4.56. The summed E-state index contributed by atoms with van der Waals surface area (Å²) in [5.41, 5.74) is 1.98. The standard InChI is InChI=1S/C29H40N4O7/c1-16(2)27(35)31-26-20(14-30-29(32-26)33-28(36)17(3)4)12-19-13-23(38-6)25(39-7)24(40-15-37-5)21(19)10-11-22(34)18-8-9-18/h10-11,13-14,16-18,22,34H,8-9,12,15H2,1-7H3,(H2,30,31,32,33,35,36). The molecular weight excluding hydrogens is 516 g/mol. The van der Waals surface area contributed by atoms with Crippen molar-refractivity contribution < 1.29 is 33.6 Å². The molecule has 1 aliphatic rings. The van der Waals surface area contributed by atoms with Crippen LogP contribution in [0.3, 0.4) is 0 Å². The van der Waals surface area contributed by atoms with E-state index in [9.17, 15) is 14.7 Å². The molecule has 1 saturated carbocycles. The topological polar surface area (TPSA) is 141 Å². The van der Waals surface area contributed by atoms with Crippen LogP contribution in [0.2, 0.25) is 0 Å². The predicted molar refractivity (Wildman–Crippen MR) is 152 cm³/mol. The fourth-order valence-electron chi connectivity index (χ4n) is 3.83. The van der Waals surface area contributed by atoms with E-state index in [1.165, 1.54) is 21.3 Å². The number of carbonyl (C=O) groups excluding carboxylic acids is 2. The number of anilines is 2. The molecule has 0 bridgehead atoms. The molecule has 218 valence electrons. The van der Waals surface area contributed by atoms with Gasteiger partial charge in [0.15, 0.2) is 18.3 Å². The van der Waals surface area contributed by atoms with E-state index in [1.54, 1.807) is 46.0 Å². The maximum absolute atomic E-state index is 12.7. The zero-order valence-electron chi connectivity index (χ0n) is 24.2. The van der Waals surface area contributed by atoms with Gasteiger partial charge in [0.25, 0.3) is 0 Å². The van der Waals surface area contributed by atoms with Gasteiger partial charge in [0.05, 0.1) is 20.3 Å². The van der Waals surface area contributed by atoms with Crippen LogP contribution in [0, 0.1) is 17.8 Å². The number of nitrogens with zero attached hydrogens (tertiary/aromatic N) is 2. The summed E-state index contributed by atoms with van der Waals surface area (Å²) in [6.07, 6.45) is 6.73. The molecule has 3 N–H and O–H groups in total. The van der Waals surface area contributed by atoms with E-state index in [0.29, 0.717) is 28.4 Å². The molecular formula is C29H40N4O7. The van der Waals surface area contributed by atoms with Gasteiger partial charge in [0, 0.05) is 42.7 Å². The minimum absolute atomic E-state index is 0.0436. The fraction of sp³-hybridized carbons (Fsp3) is 0.517. The Kier molecular flexibility index (Phi) is 10.9. The maximum Gasteiger partial charge on any atom is 0.231 e. The fourth-order valence-corrected chi connectivity index (χ4v) is 3.83. The molecule has 1 aromatic carbocycles. The van der Waals surface area contributed by atoms with Gasteiger partial charge in [-0.05, 0) is 30.4 Å². The largest absolute Gasteiger partial charge is 0.493 e. The van der Waals surface area contributed by atoms with Gasteiger partial charge in [-0.25, -0.2) is 4.98 Å². The minimum Gasteiger partial charge on any atom is -0.493 e. The van der Waals surface area contributed by atoms with Crippen molar-refractivity contribution >= 4 is 29.7 Å². The molecule has 3 rings (SSSR count). The van der Waals surface area contributed by atoms with Crippen LogP contribution in [0.4, 0.5) is 11.8 Å². The Morgan fingerprint density at radius 1 is 1.02 bits per heavy atom. The first-order valence-electron chi connectivity index (χ1n) is 13.3. The van der Waals surface area contributed by atoms with Crippen molar-refractivity contribution in [1.29, 1.82) is 0 Å². The number of rotatable bonds is 14. The van der Waals surface area contributed by atoms with E-state index in [1.807, 2.05) is 6.07 Å². The van der Waals surface area contributed by atoms with Gasteiger partial charge in [0.2, 0.25) is 23.5 Å². The van der Waals surface area contributed by atoms with E-state index < -0.39 is 6.10 Å². The lowest BCUT2D eigenvalue weighted by atomic mass is 9.97. The second kappa shape index (κ2) is 14.1. The highest BCUT2D eigenvalue weighted by Gasteiger charge is 2.28. The second-order valence-electron chi connectivity index (χ2n) is 10.3. The van der Waals surface area contributed by atoms with Crippen LogP contribution in [-0.2, 0) is 20.7 Å². The number of aromatic nitrogens is 2. The highest BCUT2D eigenvalue weighted by molar-refractivity contribution is 5.93. The monoisotopic (exact) mass is 556 g/mol. The Hall–Kier alpha value is -3.70. The van der Waals surface area contributed by atoms with Crippen molar-refractivity contribution in [3.8, 4) is 17.2 Å². The van der Waals surface area contributed by atoms with Crippen molar-refractivity contribution in [1.82, 2.24) is 9.97 Å². The first kappa shape index (κ1) is 30.8. The average molecular weight is 557 g/mol. The molecule has 2 aromatic rings. The number of nitrogens with one attached hydrogen (secondary N) is 2. The molecule has 1 atom stereocenters. The lowest BCUT2D eigenvalue weighted by molar-refractivity contribution is -0.119. The van der Waals surface area contributed by atoms with Crippen molar-refractivity contribution in [3.05, 3.63) is 35.0 Å². The number of benzene rings is 1. The van der Waals surface area contributed by atoms with Crippen LogP contribution in [0.15, 0.2) is 18.3 Å². The molecule has 11 nitrogen and oxygen atoms in total. The van der Waals surface area contributed by atoms with Gasteiger partial charge in [-0.2, -0.15) is 4.98 Å². The van der Waals surface area contributed by atoms with Gasteiger partial charge in [-0.1, -0.05) is 39.8 Å². The summed E-state index contributed by atoms with van der Waals surface area (Å²) in [4.78, 5) is 33.7. The van der Waals surface area contributed by atoms with Gasteiger partial charge in [0.1, 0.15) is 5.82 Å². The van der Waals surface area contributed by atoms with Crippen LogP contribution in [0.5, 0.6) is 17.2 Å². The Morgan fingerprint density at radius 2 is 1.70 bits per heavy atom. The van der Waals surface area contributed by atoms with Crippen LogP contribution < -0.4 is 24.8 Å². The summed E-state index contributed by atoms with van der Waals surface area (Å²) in [5, 5.41) is 16.1. The third-order valence-corrected chi connectivity index (χ3v) is 6.41. The van der Waals surface area contributed by atoms with Gasteiger partial charge in [-0.15, -0.1) is 0 Å². The normalized spacial score (nSPS) is 13.9. The van der Waals surface area contributed by atoms with Crippen molar-refractivity contribution in [2.75, 3.05) is 38.8 Å². The molecule has 1 heterocycles. The van der Waals surface area contributed by atoms with Gasteiger partial charge >= 0.3 is 0 Å². The van der Waals surface area contributed by atoms with Crippen molar-refractivity contribution in [3.63, 3.8) is 0 Å². The molecule has 1 aliphatic carbocycles. The maximum atomic E-state index is 12.7. The second-order valence-corrected chi connectivity index (χ2v) is 10.3. The highest BCUT2D eigenvalue weighted by atomic mass is 16.7. The van der Waals surface area contributed by atoms with E-state index >= 15 is 0 Å². The first-order chi connectivity index (χ1) is 19.1. The summed E-state index contributed by atoms with van der Waals surface area (Å²) in [5.74, 6) is 0.748. The summed E-state index contributed by atoms with van der Waals surface area (Å²) < 4.78 is 22.3. The molecule has 40 heavy (non-hydrogen) atoms. The number of hydrogen-bond acceptors (Lipinski definition) is 9. The van der Waals surface area contributed by atoms with E-state index in [4.69, 9.17) is 18.9 Å². The molecule has 1 aromatic heterocycles.